The van der Waals surface area contributed by atoms with Crippen LogP contribution in [0.15, 0.2) is 42.6 Å². The van der Waals surface area contributed by atoms with Crippen molar-refractivity contribution < 1.29 is 27.1 Å². The summed E-state index contributed by atoms with van der Waals surface area (Å²) in [5, 5.41) is 3.16. The van der Waals surface area contributed by atoms with Crippen LogP contribution in [0, 0.1) is 5.82 Å². The summed E-state index contributed by atoms with van der Waals surface area (Å²) in [5.74, 6) is -1.21. The van der Waals surface area contributed by atoms with E-state index in [4.69, 9.17) is 4.74 Å². The lowest BCUT2D eigenvalue weighted by molar-refractivity contribution is -0.199. The summed E-state index contributed by atoms with van der Waals surface area (Å²) in [6, 6.07) is 7.20. The molecule has 144 valence electrons. The van der Waals surface area contributed by atoms with Crippen molar-refractivity contribution in [2.75, 3.05) is 0 Å². The quantitative estimate of drug-likeness (QED) is 0.784. The number of hydrogen-bond acceptors (Lipinski definition) is 4. The lowest BCUT2D eigenvalue weighted by Crippen LogP contribution is -2.30. The summed E-state index contributed by atoms with van der Waals surface area (Å²) < 4.78 is 58.8. The van der Waals surface area contributed by atoms with E-state index in [2.05, 4.69) is 10.3 Å². The van der Waals surface area contributed by atoms with Crippen molar-refractivity contribution in [3.05, 3.63) is 59.5 Å². The number of pyridine rings is 1. The molecule has 8 heteroatoms. The molecule has 0 saturated carbocycles. The number of Topliss-reactive ketones (excluding diaryl/α,β-unsaturated/α-hetero) is 1. The molecule has 0 aliphatic carbocycles. The van der Waals surface area contributed by atoms with Crippen LogP contribution in [0.2, 0.25) is 0 Å². The van der Waals surface area contributed by atoms with E-state index in [0.29, 0.717) is 6.42 Å². The van der Waals surface area contributed by atoms with Gasteiger partial charge in [-0.25, -0.2) is 9.37 Å². The number of nitrogens with zero attached hydrogens (tertiary/aromatic N) is 1. The topological polar surface area (TPSA) is 51.2 Å². The van der Waals surface area contributed by atoms with Gasteiger partial charge in [-0.2, -0.15) is 13.2 Å². The summed E-state index contributed by atoms with van der Waals surface area (Å²) in [6.07, 6.45) is -4.42. The zero-order valence-corrected chi connectivity index (χ0v) is 14.5. The number of alkyl halides is 3. The van der Waals surface area contributed by atoms with E-state index < -0.39 is 23.7 Å². The number of ketones is 1. The number of benzene rings is 1. The largest absolute Gasteiger partial charge is 0.460 e. The smallest absolute Gasteiger partial charge is 0.429 e. The first-order valence-electron chi connectivity index (χ1n) is 8.46. The van der Waals surface area contributed by atoms with Crippen LogP contribution < -0.4 is 10.1 Å². The van der Waals surface area contributed by atoms with Crippen LogP contribution in [0.4, 0.5) is 17.6 Å². The van der Waals surface area contributed by atoms with Crippen molar-refractivity contribution in [1.29, 1.82) is 0 Å². The Bertz CT molecular complexity index is 808. The van der Waals surface area contributed by atoms with Crippen LogP contribution in [0.25, 0.3) is 0 Å². The first-order chi connectivity index (χ1) is 12.8. The molecule has 1 aliphatic rings. The standard InChI is InChI=1S/C19H18F4N2O2/c1-11(26)15-7-8-16(25-15)12-6-9-17(24-10-12)27-18(19(21,22)23)13-4-2-3-5-14(13)20/h2-6,9-10,15-16,18,25H,7-8H2,1H3. The number of nitrogens with one attached hydrogen (secondary N) is 1. The van der Waals surface area contributed by atoms with Crippen LogP contribution in [0.3, 0.4) is 0 Å². The summed E-state index contributed by atoms with van der Waals surface area (Å²) >= 11 is 0. The Morgan fingerprint density at radius 2 is 1.96 bits per heavy atom. The first kappa shape index (κ1) is 19.3. The summed E-state index contributed by atoms with van der Waals surface area (Å²) in [7, 11) is 0. The lowest BCUT2D eigenvalue weighted by Gasteiger charge is -2.22. The van der Waals surface area contributed by atoms with Gasteiger partial charge in [-0.1, -0.05) is 24.3 Å². The van der Waals surface area contributed by atoms with Gasteiger partial charge in [-0.15, -0.1) is 0 Å². The molecule has 0 amide bonds. The molecule has 4 nitrogen and oxygen atoms in total. The van der Waals surface area contributed by atoms with Crippen LogP contribution >= 0.6 is 0 Å². The fraction of sp³-hybridized carbons (Fsp3) is 0.368. The Morgan fingerprint density at radius 1 is 1.22 bits per heavy atom. The Kier molecular flexibility index (Phi) is 5.46. The Balaban J connectivity index is 1.76. The number of rotatable bonds is 5. The maximum Gasteiger partial charge on any atom is 0.429 e. The maximum atomic E-state index is 13.8. The number of hydrogen-bond donors (Lipinski definition) is 1. The number of carbonyl (C=O) groups excluding carboxylic acids is 1. The number of carbonyl (C=O) groups is 1. The summed E-state index contributed by atoms with van der Waals surface area (Å²) in [5.41, 5.74) is 0.151. The van der Waals surface area contributed by atoms with E-state index in [1.807, 2.05) is 0 Å². The minimum absolute atomic E-state index is 0.0447. The molecule has 0 spiro atoms. The molecular weight excluding hydrogens is 364 g/mol. The summed E-state index contributed by atoms with van der Waals surface area (Å²) in [4.78, 5) is 15.4. The molecule has 2 heterocycles. The molecule has 1 N–H and O–H groups in total. The van der Waals surface area contributed by atoms with E-state index in [9.17, 15) is 22.4 Å². The van der Waals surface area contributed by atoms with E-state index in [1.54, 1.807) is 6.07 Å². The Labute approximate surface area is 153 Å². The zero-order valence-electron chi connectivity index (χ0n) is 14.5. The average molecular weight is 382 g/mol. The van der Waals surface area contributed by atoms with E-state index >= 15 is 0 Å². The van der Waals surface area contributed by atoms with Crippen molar-refractivity contribution in [3.8, 4) is 5.88 Å². The fourth-order valence-electron chi connectivity index (χ4n) is 3.11. The molecule has 1 aromatic carbocycles. The molecule has 1 saturated heterocycles. The van der Waals surface area contributed by atoms with Crippen LogP contribution in [-0.2, 0) is 4.79 Å². The van der Waals surface area contributed by atoms with Crippen molar-refractivity contribution in [3.63, 3.8) is 0 Å². The molecule has 3 unspecified atom stereocenters. The van der Waals surface area contributed by atoms with Crippen molar-refractivity contribution in [2.24, 2.45) is 0 Å². The third-order valence-corrected chi connectivity index (χ3v) is 4.52. The highest BCUT2D eigenvalue weighted by molar-refractivity contribution is 5.81. The van der Waals surface area contributed by atoms with Gasteiger partial charge >= 0.3 is 6.18 Å². The highest BCUT2D eigenvalue weighted by atomic mass is 19.4. The van der Waals surface area contributed by atoms with E-state index in [0.717, 1.165) is 24.1 Å². The van der Waals surface area contributed by atoms with Gasteiger partial charge < -0.3 is 10.1 Å². The molecule has 0 radical (unpaired) electrons. The van der Waals surface area contributed by atoms with Gasteiger partial charge in [0.25, 0.3) is 0 Å². The van der Waals surface area contributed by atoms with Gasteiger partial charge in [-0.05, 0) is 31.4 Å². The normalized spacial score (nSPS) is 21.1. The second kappa shape index (κ2) is 7.64. The minimum Gasteiger partial charge on any atom is -0.460 e. The molecule has 1 aliphatic heterocycles. The van der Waals surface area contributed by atoms with Crippen LogP contribution in [0.5, 0.6) is 5.88 Å². The van der Waals surface area contributed by atoms with Gasteiger partial charge in [0.2, 0.25) is 12.0 Å². The average Bonchev–Trinajstić information content (AvgIpc) is 3.10. The monoisotopic (exact) mass is 382 g/mol. The van der Waals surface area contributed by atoms with E-state index in [1.165, 1.54) is 31.3 Å². The first-order valence-corrected chi connectivity index (χ1v) is 8.46. The van der Waals surface area contributed by atoms with E-state index in [-0.39, 0.29) is 23.7 Å². The SMILES string of the molecule is CC(=O)C1CCC(c2ccc(OC(c3ccccc3F)C(F)(F)F)nc2)N1. The van der Waals surface area contributed by atoms with Gasteiger partial charge in [0.05, 0.1) is 6.04 Å². The summed E-state index contributed by atoms with van der Waals surface area (Å²) in [6.45, 7) is 1.51. The van der Waals surface area contributed by atoms with Gasteiger partial charge in [-0.3, -0.25) is 4.79 Å². The molecule has 1 aromatic heterocycles. The molecule has 3 atom stereocenters. The predicted molar refractivity (Wildman–Crippen MR) is 89.6 cm³/mol. The maximum absolute atomic E-state index is 13.8. The van der Waals surface area contributed by atoms with Gasteiger partial charge in [0, 0.05) is 23.9 Å². The molecule has 1 fully saturated rings. The van der Waals surface area contributed by atoms with Crippen molar-refractivity contribution in [2.45, 2.75) is 44.1 Å². The molecule has 3 rings (SSSR count). The Hall–Kier alpha value is -2.48. The highest BCUT2D eigenvalue weighted by Crippen LogP contribution is 2.37. The Morgan fingerprint density at radius 3 is 2.52 bits per heavy atom. The predicted octanol–water partition coefficient (Wildman–Crippen LogP) is 4.29. The fourth-order valence-corrected chi connectivity index (χ4v) is 3.11. The zero-order chi connectivity index (χ0) is 19.6. The minimum atomic E-state index is -4.80. The van der Waals surface area contributed by atoms with Crippen molar-refractivity contribution in [1.82, 2.24) is 10.3 Å². The highest BCUT2D eigenvalue weighted by Gasteiger charge is 2.44. The van der Waals surface area contributed by atoms with Crippen LogP contribution in [0.1, 0.15) is 43.0 Å². The van der Waals surface area contributed by atoms with Crippen LogP contribution in [-0.4, -0.2) is 23.0 Å². The second-order valence-electron chi connectivity index (χ2n) is 6.45. The third kappa shape index (κ3) is 4.44. The van der Waals surface area contributed by atoms with Gasteiger partial charge in [0.15, 0.2) is 0 Å². The van der Waals surface area contributed by atoms with Gasteiger partial charge in [0.1, 0.15) is 11.6 Å². The molecular formula is C19H18F4N2O2. The molecule has 2 aromatic rings. The number of ether oxygens (including phenoxy) is 1. The number of halogens is 4. The lowest BCUT2D eigenvalue weighted by atomic mass is 10.1. The third-order valence-electron chi connectivity index (χ3n) is 4.52. The molecule has 0 bridgehead atoms. The second-order valence-corrected chi connectivity index (χ2v) is 6.45. The van der Waals surface area contributed by atoms with Crippen molar-refractivity contribution >= 4 is 5.78 Å². The molecule has 27 heavy (non-hydrogen) atoms. The number of aromatic nitrogens is 1.